The highest BCUT2D eigenvalue weighted by molar-refractivity contribution is 6.36. The van der Waals surface area contributed by atoms with E-state index in [9.17, 15) is 9.59 Å². The highest BCUT2D eigenvalue weighted by Gasteiger charge is 2.16. The first-order valence-electron chi connectivity index (χ1n) is 7.35. The minimum atomic E-state index is -0.313. The first-order chi connectivity index (χ1) is 11.4. The summed E-state index contributed by atoms with van der Waals surface area (Å²) < 4.78 is 5.46. The van der Waals surface area contributed by atoms with Gasteiger partial charge in [0.2, 0.25) is 0 Å². The predicted molar refractivity (Wildman–Crippen MR) is 95.0 cm³/mol. The maximum absolute atomic E-state index is 12.1. The van der Waals surface area contributed by atoms with Crippen LogP contribution in [0.5, 0.6) is 5.75 Å². The van der Waals surface area contributed by atoms with Gasteiger partial charge in [0, 0.05) is 5.02 Å². The van der Waals surface area contributed by atoms with E-state index in [1.165, 1.54) is 19.1 Å². The molecule has 2 rings (SSSR count). The molecule has 0 bridgehead atoms. The number of halogens is 2. The summed E-state index contributed by atoms with van der Waals surface area (Å²) in [6.45, 7) is 3.01. The number of nitrogens with one attached hydrogen (secondary N) is 1. The second-order valence-corrected chi connectivity index (χ2v) is 6.15. The molecular weight excluding hydrogens is 349 g/mol. The second-order valence-electron chi connectivity index (χ2n) is 5.31. The van der Waals surface area contributed by atoms with E-state index >= 15 is 0 Å². The van der Waals surface area contributed by atoms with Crippen LogP contribution in [0.15, 0.2) is 42.5 Å². The molecule has 0 radical (unpaired) electrons. The van der Waals surface area contributed by atoms with E-state index in [4.69, 9.17) is 27.9 Å². The lowest BCUT2D eigenvalue weighted by molar-refractivity contribution is -0.123. The van der Waals surface area contributed by atoms with E-state index in [0.717, 1.165) is 5.56 Å². The van der Waals surface area contributed by atoms with Crippen molar-refractivity contribution in [1.29, 1.82) is 0 Å². The third-order valence-corrected chi connectivity index (χ3v) is 3.91. The molecular formula is C18H17Cl2NO3. The molecule has 24 heavy (non-hydrogen) atoms. The van der Waals surface area contributed by atoms with Crippen LogP contribution in [0.1, 0.15) is 35.8 Å². The highest BCUT2D eigenvalue weighted by atomic mass is 35.5. The van der Waals surface area contributed by atoms with Crippen molar-refractivity contribution in [1.82, 2.24) is 5.32 Å². The van der Waals surface area contributed by atoms with E-state index in [1.807, 2.05) is 37.3 Å². The molecule has 0 aromatic heterocycles. The summed E-state index contributed by atoms with van der Waals surface area (Å²) in [7, 11) is 0. The van der Waals surface area contributed by atoms with Gasteiger partial charge < -0.3 is 10.1 Å². The van der Waals surface area contributed by atoms with Gasteiger partial charge in [-0.05, 0) is 31.5 Å². The fourth-order valence-corrected chi connectivity index (χ4v) is 2.76. The summed E-state index contributed by atoms with van der Waals surface area (Å²) in [6.07, 6.45) is 0. The van der Waals surface area contributed by atoms with Crippen molar-refractivity contribution in [3.8, 4) is 5.75 Å². The maximum atomic E-state index is 12.1. The van der Waals surface area contributed by atoms with Crippen molar-refractivity contribution in [3.63, 3.8) is 0 Å². The normalized spacial score (nSPS) is 11.7. The van der Waals surface area contributed by atoms with Crippen LogP contribution in [0, 0.1) is 0 Å². The third kappa shape index (κ3) is 4.73. The Kier molecular flexibility index (Phi) is 6.23. The quantitative estimate of drug-likeness (QED) is 0.769. The number of carbonyl (C=O) groups is 2. The molecule has 4 nitrogen and oxygen atoms in total. The number of ketones is 1. The molecule has 0 aliphatic carbocycles. The number of Topliss-reactive ketones (excluding diaryl/α,β-unsaturated/α-hetero) is 1. The van der Waals surface area contributed by atoms with Crippen LogP contribution < -0.4 is 10.1 Å². The number of amides is 1. The van der Waals surface area contributed by atoms with Crippen LogP contribution in [-0.4, -0.2) is 18.3 Å². The van der Waals surface area contributed by atoms with Gasteiger partial charge in [0.05, 0.1) is 16.6 Å². The summed E-state index contributed by atoms with van der Waals surface area (Å²) in [4.78, 5) is 23.7. The van der Waals surface area contributed by atoms with Crippen LogP contribution in [-0.2, 0) is 4.79 Å². The zero-order valence-corrected chi connectivity index (χ0v) is 14.8. The minimum absolute atomic E-state index is 0.157. The molecule has 0 spiro atoms. The Balaban J connectivity index is 2.03. The smallest absolute Gasteiger partial charge is 0.258 e. The molecule has 0 heterocycles. The Bertz CT molecular complexity index is 747. The molecule has 0 aliphatic heterocycles. The minimum Gasteiger partial charge on any atom is -0.481 e. The summed E-state index contributed by atoms with van der Waals surface area (Å²) in [5.74, 6) is -0.393. The Morgan fingerprint density at radius 3 is 2.46 bits per heavy atom. The van der Waals surface area contributed by atoms with E-state index in [2.05, 4.69) is 5.32 Å². The summed E-state index contributed by atoms with van der Waals surface area (Å²) in [5, 5.41) is 3.35. The van der Waals surface area contributed by atoms with Crippen molar-refractivity contribution in [2.45, 2.75) is 19.9 Å². The van der Waals surface area contributed by atoms with Crippen LogP contribution in [0.25, 0.3) is 0 Å². The monoisotopic (exact) mass is 365 g/mol. The molecule has 6 heteroatoms. The standard InChI is InChI=1S/C18H17Cl2NO3/c1-11(13-6-4-3-5-7-13)21-17(23)10-24-18-15(12(2)22)8-14(19)9-16(18)20/h3-9,11H,10H2,1-2H3,(H,21,23)/t11-/m1/s1. The van der Waals surface area contributed by atoms with Gasteiger partial charge in [0.25, 0.3) is 5.91 Å². The lowest BCUT2D eigenvalue weighted by Gasteiger charge is -2.16. The number of rotatable bonds is 6. The second kappa shape index (κ2) is 8.18. The number of carbonyl (C=O) groups excluding carboxylic acids is 2. The van der Waals surface area contributed by atoms with Gasteiger partial charge in [-0.1, -0.05) is 53.5 Å². The number of benzene rings is 2. The Labute approximate surface area is 150 Å². The van der Waals surface area contributed by atoms with Gasteiger partial charge in [0.15, 0.2) is 12.4 Å². The van der Waals surface area contributed by atoms with Crippen molar-refractivity contribution in [2.75, 3.05) is 6.61 Å². The molecule has 0 fully saturated rings. The lowest BCUT2D eigenvalue weighted by atomic mass is 10.1. The van der Waals surface area contributed by atoms with E-state index in [1.54, 1.807) is 0 Å². The molecule has 1 amide bonds. The molecule has 2 aromatic rings. The largest absolute Gasteiger partial charge is 0.481 e. The van der Waals surface area contributed by atoms with Crippen LogP contribution in [0.4, 0.5) is 0 Å². The van der Waals surface area contributed by atoms with Gasteiger partial charge in [-0.25, -0.2) is 0 Å². The number of hydrogen-bond donors (Lipinski definition) is 1. The van der Waals surface area contributed by atoms with E-state index in [0.29, 0.717) is 5.02 Å². The SMILES string of the molecule is CC(=O)c1cc(Cl)cc(Cl)c1OCC(=O)N[C@H](C)c1ccccc1. The van der Waals surface area contributed by atoms with Crippen molar-refractivity contribution >= 4 is 34.9 Å². The Hall–Kier alpha value is -2.04. The van der Waals surface area contributed by atoms with Crippen LogP contribution >= 0.6 is 23.2 Å². The third-order valence-electron chi connectivity index (χ3n) is 3.41. The Morgan fingerprint density at radius 1 is 1.17 bits per heavy atom. The topological polar surface area (TPSA) is 55.4 Å². The van der Waals surface area contributed by atoms with E-state index in [-0.39, 0.29) is 40.7 Å². The van der Waals surface area contributed by atoms with Gasteiger partial charge in [-0.15, -0.1) is 0 Å². The maximum Gasteiger partial charge on any atom is 0.258 e. The molecule has 1 N–H and O–H groups in total. The molecule has 0 aliphatic rings. The molecule has 1 atom stereocenters. The summed E-state index contributed by atoms with van der Waals surface area (Å²) in [5.41, 5.74) is 1.23. The first-order valence-corrected chi connectivity index (χ1v) is 8.11. The average Bonchev–Trinajstić information content (AvgIpc) is 2.54. The average molecular weight is 366 g/mol. The lowest BCUT2D eigenvalue weighted by Crippen LogP contribution is -2.31. The zero-order chi connectivity index (χ0) is 17.7. The van der Waals surface area contributed by atoms with E-state index < -0.39 is 0 Å². The number of hydrogen-bond acceptors (Lipinski definition) is 3. The van der Waals surface area contributed by atoms with Crippen LogP contribution in [0.2, 0.25) is 10.0 Å². The van der Waals surface area contributed by atoms with Gasteiger partial charge >= 0.3 is 0 Å². The van der Waals surface area contributed by atoms with Crippen molar-refractivity contribution in [2.24, 2.45) is 0 Å². The molecule has 0 saturated heterocycles. The molecule has 0 saturated carbocycles. The molecule has 2 aromatic carbocycles. The van der Waals surface area contributed by atoms with Crippen LogP contribution in [0.3, 0.4) is 0 Å². The molecule has 126 valence electrons. The summed E-state index contributed by atoms with van der Waals surface area (Å²) in [6, 6.07) is 12.3. The van der Waals surface area contributed by atoms with Crippen molar-refractivity contribution < 1.29 is 14.3 Å². The molecule has 0 unspecified atom stereocenters. The van der Waals surface area contributed by atoms with Gasteiger partial charge in [-0.3, -0.25) is 9.59 Å². The van der Waals surface area contributed by atoms with Crippen molar-refractivity contribution in [3.05, 3.63) is 63.6 Å². The fourth-order valence-electron chi connectivity index (χ4n) is 2.21. The number of ether oxygens (including phenoxy) is 1. The fraction of sp³-hybridized carbons (Fsp3) is 0.222. The zero-order valence-electron chi connectivity index (χ0n) is 13.3. The van der Waals surface area contributed by atoms with Gasteiger partial charge in [0.1, 0.15) is 5.75 Å². The Morgan fingerprint density at radius 2 is 1.83 bits per heavy atom. The highest BCUT2D eigenvalue weighted by Crippen LogP contribution is 2.32. The summed E-state index contributed by atoms with van der Waals surface area (Å²) >= 11 is 12.0. The first kappa shape index (κ1) is 18.3. The predicted octanol–water partition coefficient (Wildman–Crippen LogP) is 4.45. The van der Waals surface area contributed by atoms with Gasteiger partial charge in [-0.2, -0.15) is 0 Å².